The lowest BCUT2D eigenvalue weighted by molar-refractivity contribution is 0.0586. The molecular weight excluding hydrogens is 381 g/mol. The Morgan fingerprint density at radius 3 is 2.33 bits per heavy atom. The Hall–Kier alpha value is -3.64. The molecule has 30 heavy (non-hydrogen) atoms. The first kappa shape index (κ1) is 18.4. The SMILES string of the molecule is NC(c1cnc2c(c1-c1ccc(F)cc1)C=CCC2)N1C(=O)c2ccccc2C1=O. The average Bonchev–Trinajstić information content (AvgIpc) is 3.03. The van der Waals surface area contributed by atoms with Gasteiger partial charge in [-0.2, -0.15) is 0 Å². The molecule has 0 saturated carbocycles. The summed E-state index contributed by atoms with van der Waals surface area (Å²) in [6.45, 7) is 0. The summed E-state index contributed by atoms with van der Waals surface area (Å²) in [4.78, 5) is 31.5. The summed E-state index contributed by atoms with van der Waals surface area (Å²) in [5.41, 5.74) is 11.0. The molecule has 0 spiro atoms. The molecule has 2 aromatic carbocycles. The van der Waals surface area contributed by atoms with E-state index >= 15 is 0 Å². The second kappa shape index (κ2) is 7.00. The predicted octanol–water partition coefficient (Wildman–Crippen LogP) is 4.10. The summed E-state index contributed by atoms with van der Waals surface area (Å²) < 4.78 is 13.6. The van der Waals surface area contributed by atoms with Gasteiger partial charge < -0.3 is 5.73 Å². The third-order valence-electron chi connectivity index (χ3n) is 5.62. The minimum absolute atomic E-state index is 0.340. The van der Waals surface area contributed by atoms with Crippen LogP contribution >= 0.6 is 0 Å². The van der Waals surface area contributed by atoms with Gasteiger partial charge in [-0.25, -0.2) is 4.39 Å². The summed E-state index contributed by atoms with van der Waals surface area (Å²) in [6.07, 6.45) is 6.29. The van der Waals surface area contributed by atoms with Gasteiger partial charge in [0.2, 0.25) is 0 Å². The van der Waals surface area contributed by atoms with E-state index in [0.717, 1.165) is 40.1 Å². The van der Waals surface area contributed by atoms with Crippen LogP contribution < -0.4 is 5.73 Å². The zero-order valence-corrected chi connectivity index (χ0v) is 16.0. The van der Waals surface area contributed by atoms with E-state index in [0.29, 0.717) is 16.7 Å². The third-order valence-corrected chi connectivity index (χ3v) is 5.62. The minimum Gasteiger partial charge on any atom is -0.307 e. The van der Waals surface area contributed by atoms with Gasteiger partial charge in [-0.3, -0.25) is 19.5 Å². The van der Waals surface area contributed by atoms with Gasteiger partial charge in [0.25, 0.3) is 11.8 Å². The molecule has 0 bridgehead atoms. The van der Waals surface area contributed by atoms with E-state index in [1.807, 2.05) is 12.2 Å². The zero-order valence-electron chi connectivity index (χ0n) is 16.0. The normalized spacial score (nSPS) is 15.9. The highest BCUT2D eigenvalue weighted by Gasteiger charge is 2.40. The van der Waals surface area contributed by atoms with Crippen LogP contribution in [-0.4, -0.2) is 21.7 Å². The highest BCUT2D eigenvalue weighted by molar-refractivity contribution is 6.21. The highest BCUT2D eigenvalue weighted by atomic mass is 19.1. The van der Waals surface area contributed by atoms with E-state index in [-0.39, 0.29) is 5.82 Å². The van der Waals surface area contributed by atoms with Gasteiger partial charge in [0, 0.05) is 23.0 Å². The van der Waals surface area contributed by atoms with Crippen molar-refractivity contribution in [2.24, 2.45) is 5.73 Å². The molecule has 148 valence electrons. The average molecular weight is 399 g/mol. The number of nitrogens with zero attached hydrogens (tertiary/aromatic N) is 2. The van der Waals surface area contributed by atoms with Gasteiger partial charge in [-0.1, -0.05) is 36.4 Å². The van der Waals surface area contributed by atoms with Gasteiger partial charge in [-0.05, 0) is 48.2 Å². The van der Waals surface area contributed by atoms with Crippen LogP contribution in [0.5, 0.6) is 0 Å². The molecule has 0 radical (unpaired) electrons. The summed E-state index contributed by atoms with van der Waals surface area (Å²) in [5.74, 6) is -1.20. The van der Waals surface area contributed by atoms with E-state index < -0.39 is 18.0 Å². The molecule has 2 N–H and O–H groups in total. The van der Waals surface area contributed by atoms with Gasteiger partial charge in [0.15, 0.2) is 0 Å². The van der Waals surface area contributed by atoms with E-state index in [1.54, 1.807) is 42.6 Å². The van der Waals surface area contributed by atoms with Crippen LogP contribution in [0.3, 0.4) is 0 Å². The van der Waals surface area contributed by atoms with Crippen molar-refractivity contribution in [2.45, 2.75) is 19.0 Å². The van der Waals surface area contributed by atoms with Crippen molar-refractivity contribution in [2.75, 3.05) is 0 Å². The Kier molecular flexibility index (Phi) is 4.29. The van der Waals surface area contributed by atoms with Crippen LogP contribution in [0.15, 0.2) is 60.8 Å². The van der Waals surface area contributed by atoms with Crippen molar-refractivity contribution < 1.29 is 14.0 Å². The maximum atomic E-state index is 13.6. The number of aromatic nitrogens is 1. The molecule has 1 aromatic heterocycles. The van der Waals surface area contributed by atoms with Crippen LogP contribution in [0, 0.1) is 5.82 Å². The van der Waals surface area contributed by atoms with E-state index in [9.17, 15) is 14.0 Å². The number of hydrogen-bond donors (Lipinski definition) is 1. The molecule has 2 amide bonds. The molecule has 5 rings (SSSR count). The van der Waals surface area contributed by atoms with E-state index in [1.165, 1.54) is 12.1 Å². The molecule has 1 unspecified atom stereocenters. The molecule has 3 aromatic rings. The van der Waals surface area contributed by atoms with Gasteiger partial charge in [0.1, 0.15) is 12.0 Å². The van der Waals surface area contributed by atoms with Crippen molar-refractivity contribution in [3.05, 3.63) is 94.6 Å². The summed E-state index contributed by atoms with van der Waals surface area (Å²) >= 11 is 0. The smallest absolute Gasteiger partial charge is 0.263 e. The maximum absolute atomic E-state index is 13.6. The van der Waals surface area contributed by atoms with Crippen LogP contribution in [0.1, 0.15) is 50.1 Å². The topological polar surface area (TPSA) is 76.3 Å². The van der Waals surface area contributed by atoms with Crippen LogP contribution in [0.25, 0.3) is 17.2 Å². The lowest BCUT2D eigenvalue weighted by atomic mass is 9.89. The number of halogens is 1. The van der Waals surface area contributed by atoms with Crippen molar-refractivity contribution >= 4 is 17.9 Å². The summed E-state index contributed by atoms with van der Waals surface area (Å²) in [7, 11) is 0. The molecular formula is C24H18FN3O2. The van der Waals surface area contributed by atoms with Gasteiger partial charge >= 0.3 is 0 Å². The first-order chi connectivity index (χ1) is 14.6. The Labute approximate surface area is 172 Å². The summed E-state index contributed by atoms with van der Waals surface area (Å²) in [5, 5.41) is 0. The second-order valence-corrected chi connectivity index (χ2v) is 7.37. The number of aryl methyl sites for hydroxylation is 1. The Morgan fingerprint density at radius 1 is 1.00 bits per heavy atom. The minimum atomic E-state index is -1.02. The molecule has 0 saturated heterocycles. The van der Waals surface area contributed by atoms with Crippen molar-refractivity contribution in [3.63, 3.8) is 0 Å². The monoisotopic (exact) mass is 399 g/mol. The van der Waals surface area contributed by atoms with Crippen molar-refractivity contribution in [1.29, 1.82) is 0 Å². The predicted molar refractivity (Wildman–Crippen MR) is 111 cm³/mol. The first-order valence-corrected chi connectivity index (χ1v) is 9.73. The molecule has 6 heteroatoms. The van der Waals surface area contributed by atoms with E-state index in [4.69, 9.17) is 5.73 Å². The number of benzene rings is 2. The fourth-order valence-corrected chi connectivity index (χ4v) is 4.14. The van der Waals surface area contributed by atoms with Gasteiger partial charge in [0.05, 0.1) is 11.1 Å². The van der Waals surface area contributed by atoms with Crippen molar-refractivity contribution in [3.8, 4) is 11.1 Å². The molecule has 2 aliphatic rings. The number of hydrogen-bond acceptors (Lipinski definition) is 4. The Bertz CT molecular complexity index is 1180. The lowest BCUT2D eigenvalue weighted by Gasteiger charge is -2.27. The number of amides is 2. The highest BCUT2D eigenvalue weighted by Crippen LogP contribution is 2.38. The number of imide groups is 1. The number of carbonyl (C=O) groups is 2. The molecule has 1 aliphatic carbocycles. The number of allylic oxidation sites excluding steroid dienone is 1. The lowest BCUT2D eigenvalue weighted by Crippen LogP contribution is -2.39. The number of rotatable bonds is 3. The summed E-state index contributed by atoms with van der Waals surface area (Å²) in [6, 6.07) is 12.8. The van der Waals surface area contributed by atoms with Crippen molar-refractivity contribution in [1.82, 2.24) is 9.88 Å². The Morgan fingerprint density at radius 2 is 1.67 bits per heavy atom. The third kappa shape index (κ3) is 2.76. The van der Waals surface area contributed by atoms with E-state index in [2.05, 4.69) is 4.98 Å². The number of carbonyl (C=O) groups excluding carboxylic acids is 2. The number of pyridine rings is 1. The number of nitrogens with two attached hydrogens (primary N) is 1. The van der Waals surface area contributed by atoms with Crippen LogP contribution in [0.2, 0.25) is 0 Å². The molecule has 2 heterocycles. The first-order valence-electron chi connectivity index (χ1n) is 9.73. The molecule has 0 fully saturated rings. The second-order valence-electron chi connectivity index (χ2n) is 7.37. The van der Waals surface area contributed by atoms with Crippen LogP contribution in [-0.2, 0) is 6.42 Å². The Balaban J connectivity index is 1.67. The number of fused-ring (bicyclic) bond motifs is 2. The molecule has 1 atom stereocenters. The largest absolute Gasteiger partial charge is 0.307 e. The van der Waals surface area contributed by atoms with Crippen LogP contribution in [0.4, 0.5) is 4.39 Å². The molecule has 1 aliphatic heterocycles. The maximum Gasteiger partial charge on any atom is 0.263 e. The van der Waals surface area contributed by atoms with Gasteiger partial charge in [-0.15, -0.1) is 0 Å². The molecule has 5 nitrogen and oxygen atoms in total. The zero-order chi connectivity index (χ0) is 20.8. The fourth-order valence-electron chi connectivity index (χ4n) is 4.14. The fraction of sp³-hybridized carbons (Fsp3) is 0.125. The quantitative estimate of drug-likeness (QED) is 0.673. The standard InChI is InChI=1S/C24H18FN3O2/c25-15-11-9-14(10-12-15)21-18-7-3-4-8-20(18)27-13-19(21)22(26)28-23(29)16-5-1-2-6-17(16)24(28)30/h1-3,5-7,9-13,22H,4,8,26H2.